The second-order valence-electron chi connectivity index (χ2n) is 8.52. The number of rotatable bonds is 8. The molecule has 2 atom stereocenters. The largest absolute Gasteiger partial charge is 0.459 e. The van der Waals surface area contributed by atoms with Gasteiger partial charge in [0.2, 0.25) is 5.91 Å². The van der Waals surface area contributed by atoms with Crippen molar-refractivity contribution in [2.75, 3.05) is 6.61 Å². The van der Waals surface area contributed by atoms with Crippen LogP contribution >= 0.6 is 0 Å². The van der Waals surface area contributed by atoms with Gasteiger partial charge in [-0.1, -0.05) is 78.9 Å². The number of alkyl carbamates (subject to hydrolysis) is 1. The van der Waals surface area contributed by atoms with Crippen LogP contribution in [-0.4, -0.2) is 36.7 Å². The van der Waals surface area contributed by atoms with Crippen LogP contribution in [0.4, 0.5) is 4.79 Å². The van der Waals surface area contributed by atoms with Crippen LogP contribution in [0.15, 0.2) is 78.9 Å². The normalized spacial score (nSPS) is 13.7. The Balaban J connectivity index is 1.25. The minimum Gasteiger partial charge on any atom is -0.459 e. The molecule has 0 heterocycles. The van der Waals surface area contributed by atoms with E-state index in [9.17, 15) is 14.4 Å². The molecule has 3 aromatic carbocycles. The van der Waals surface area contributed by atoms with Crippen molar-refractivity contribution >= 4 is 18.0 Å². The molecule has 1 aliphatic carbocycles. The van der Waals surface area contributed by atoms with E-state index in [0.717, 1.165) is 27.8 Å². The summed E-state index contributed by atoms with van der Waals surface area (Å²) in [6, 6.07) is 23.6. The van der Waals surface area contributed by atoms with Crippen molar-refractivity contribution in [2.24, 2.45) is 0 Å². The molecule has 0 saturated carbocycles. The van der Waals surface area contributed by atoms with Crippen LogP contribution < -0.4 is 10.6 Å². The smallest absolute Gasteiger partial charge is 0.407 e. The molecule has 0 radical (unpaired) electrons. The zero-order valence-electron chi connectivity index (χ0n) is 19.7. The van der Waals surface area contributed by atoms with Gasteiger partial charge in [0.25, 0.3) is 0 Å². The van der Waals surface area contributed by atoms with E-state index in [1.807, 2.05) is 66.7 Å². The van der Waals surface area contributed by atoms with E-state index in [1.165, 1.54) is 13.8 Å². The molecule has 3 aromatic rings. The highest BCUT2D eigenvalue weighted by molar-refractivity contribution is 5.89. The average molecular weight is 473 g/mol. The second kappa shape index (κ2) is 10.9. The van der Waals surface area contributed by atoms with Gasteiger partial charge in [-0.3, -0.25) is 4.79 Å². The van der Waals surface area contributed by atoms with E-state index < -0.39 is 30.1 Å². The average Bonchev–Trinajstić information content (AvgIpc) is 3.20. The first kappa shape index (κ1) is 24.0. The Hall–Kier alpha value is -4.13. The maximum absolute atomic E-state index is 12.5. The van der Waals surface area contributed by atoms with Crippen LogP contribution in [0, 0.1) is 0 Å². The third kappa shape index (κ3) is 5.69. The Kier molecular flexibility index (Phi) is 7.45. The molecule has 2 N–H and O–H groups in total. The summed E-state index contributed by atoms with van der Waals surface area (Å²) in [4.78, 5) is 37.1. The zero-order valence-corrected chi connectivity index (χ0v) is 19.7. The lowest BCUT2D eigenvalue weighted by Gasteiger charge is -2.19. The van der Waals surface area contributed by atoms with Crippen molar-refractivity contribution in [1.29, 1.82) is 0 Å². The SMILES string of the molecule is C[C@H](NC(=O)[C@@H](C)NC(=O)OCC1c2ccccc2-c2ccccc21)C(=O)OCc1ccccc1. The molecule has 7 nitrogen and oxygen atoms in total. The predicted octanol–water partition coefficient (Wildman–Crippen LogP) is 4.16. The molecule has 2 amide bonds. The van der Waals surface area contributed by atoms with Gasteiger partial charge in [-0.25, -0.2) is 9.59 Å². The summed E-state index contributed by atoms with van der Waals surface area (Å²) in [6.07, 6.45) is -0.700. The number of ether oxygens (including phenoxy) is 2. The zero-order chi connectivity index (χ0) is 24.8. The lowest BCUT2D eigenvalue weighted by atomic mass is 9.98. The molecule has 0 spiro atoms. The van der Waals surface area contributed by atoms with E-state index in [4.69, 9.17) is 9.47 Å². The Morgan fingerprint density at radius 1 is 0.743 bits per heavy atom. The van der Waals surface area contributed by atoms with Crippen LogP contribution in [0.2, 0.25) is 0 Å². The van der Waals surface area contributed by atoms with Gasteiger partial charge in [-0.15, -0.1) is 0 Å². The maximum atomic E-state index is 12.5. The Labute approximate surface area is 204 Å². The number of carbonyl (C=O) groups is 3. The number of esters is 1. The van der Waals surface area contributed by atoms with Crippen LogP contribution in [-0.2, 0) is 25.7 Å². The fourth-order valence-corrected chi connectivity index (χ4v) is 4.13. The maximum Gasteiger partial charge on any atom is 0.407 e. The number of hydrogen-bond donors (Lipinski definition) is 2. The van der Waals surface area contributed by atoms with Gasteiger partial charge in [0, 0.05) is 5.92 Å². The van der Waals surface area contributed by atoms with Crippen molar-refractivity contribution in [3.63, 3.8) is 0 Å². The molecule has 1 aliphatic rings. The number of nitrogens with one attached hydrogen (secondary N) is 2. The second-order valence-corrected chi connectivity index (χ2v) is 8.52. The van der Waals surface area contributed by atoms with Crippen molar-refractivity contribution in [2.45, 2.75) is 38.5 Å². The summed E-state index contributed by atoms with van der Waals surface area (Å²) in [5.74, 6) is -1.14. The quantitative estimate of drug-likeness (QED) is 0.480. The van der Waals surface area contributed by atoms with E-state index in [2.05, 4.69) is 22.8 Å². The summed E-state index contributed by atoms with van der Waals surface area (Å²) in [7, 11) is 0. The highest BCUT2D eigenvalue weighted by atomic mass is 16.5. The highest BCUT2D eigenvalue weighted by Crippen LogP contribution is 2.44. The van der Waals surface area contributed by atoms with Crippen molar-refractivity contribution in [1.82, 2.24) is 10.6 Å². The first-order valence-electron chi connectivity index (χ1n) is 11.6. The number of carbonyl (C=O) groups excluding carboxylic acids is 3. The molecule has 0 aromatic heterocycles. The van der Waals surface area contributed by atoms with Gasteiger partial charge in [0.15, 0.2) is 0 Å². The molecule has 0 saturated heterocycles. The number of benzene rings is 3. The van der Waals surface area contributed by atoms with E-state index in [0.29, 0.717) is 0 Å². The fourth-order valence-electron chi connectivity index (χ4n) is 4.13. The van der Waals surface area contributed by atoms with E-state index in [-0.39, 0.29) is 19.1 Å². The molecule has 4 rings (SSSR count). The van der Waals surface area contributed by atoms with Crippen LogP contribution in [0.1, 0.15) is 36.5 Å². The number of amides is 2. The summed E-state index contributed by atoms with van der Waals surface area (Å²) in [5, 5.41) is 5.09. The van der Waals surface area contributed by atoms with Crippen LogP contribution in [0.3, 0.4) is 0 Å². The highest BCUT2D eigenvalue weighted by Gasteiger charge is 2.29. The number of hydrogen-bond acceptors (Lipinski definition) is 5. The third-order valence-corrected chi connectivity index (χ3v) is 6.01. The van der Waals surface area contributed by atoms with E-state index >= 15 is 0 Å². The van der Waals surface area contributed by atoms with Crippen molar-refractivity contribution in [3.05, 3.63) is 95.6 Å². The summed E-state index contributed by atoms with van der Waals surface area (Å²) in [6.45, 7) is 3.33. The van der Waals surface area contributed by atoms with Crippen LogP contribution in [0.5, 0.6) is 0 Å². The van der Waals surface area contributed by atoms with Gasteiger partial charge >= 0.3 is 12.1 Å². The molecule has 0 aliphatic heterocycles. The fraction of sp³-hybridized carbons (Fsp3) is 0.250. The molecular weight excluding hydrogens is 444 g/mol. The van der Waals surface area contributed by atoms with Crippen molar-refractivity contribution in [3.8, 4) is 11.1 Å². The minimum absolute atomic E-state index is 0.0725. The van der Waals surface area contributed by atoms with Crippen molar-refractivity contribution < 1.29 is 23.9 Å². The first-order valence-corrected chi connectivity index (χ1v) is 11.6. The van der Waals surface area contributed by atoms with Gasteiger partial charge in [-0.2, -0.15) is 0 Å². The Morgan fingerprint density at radius 3 is 1.94 bits per heavy atom. The molecule has 35 heavy (non-hydrogen) atoms. The predicted molar refractivity (Wildman–Crippen MR) is 132 cm³/mol. The monoisotopic (exact) mass is 472 g/mol. The van der Waals surface area contributed by atoms with Gasteiger partial charge in [0.1, 0.15) is 25.3 Å². The lowest BCUT2D eigenvalue weighted by Crippen LogP contribution is -2.49. The third-order valence-electron chi connectivity index (χ3n) is 6.01. The Morgan fingerprint density at radius 2 is 1.31 bits per heavy atom. The minimum atomic E-state index is -0.893. The van der Waals surface area contributed by atoms with Gasteiger partial charge < -0.3 is 20.1 Å². The topological polar surface area (TPSA) is 93.7 Å². The summed E-state index contributed by atoms with van der Waals surface area (Å²) < 4.78 is 10.7. The first-order chi connectivity index (χ1) is 16.9. The molecular formula is C28H28N2O5. The summed E-state index contributed by atoms with van der Waals surface area (Å²) in [5.41, 5.74) is 5.34. The van der Waals surface area contributed by atoms with E-state index in [1.54, 1.807) is 0 Å². The molecule has 0 bridgehead atoms. The molecule has 180 valence electrons. The lowest BCUT2D eigenvalue weighted by molar-refractivity contribution is -0.148. The summed E-state index contributed by atoms with van der Waals surface area (Å²) >= 11 is 0. The molecule has 0 unspecified atom stereocenters. The van der Waals surface area contributed by atoms with Crippen LogP contribution in [0.25, 0.3) is 11.1 Å². The number of fused-ring (bicyclic) bond motifs is 3. The molecule has 7 heteroatoms. The molecule has 0 fully saturated rings. The van der Waals surface area contributed by atoms with Gasteiger partial charge in [0.05, 0.1) is 0 Å². The van der Waals surface area contributed by atoms with Gasteiger partial charge in [-0.05, 0) is 41.7 Å². The Bertz CT molecular complexity index is 1170. The standard InChI is InChI=1S/C28H28N2O5/c1-18(26(31)29-19(2)27(32)34-16-20-10-4-3-5-11-20)30-28(33)35-17-25-23-14-8-6-12-21(23)22-13-7-9-15-24(22)25/h3-15,18-19,25H,16-17H2,1-2H3,(H,29,31)(H,30,33)/t18-,19+/m1/s1.